The number of anilines is 1. The van der Waals surface area contributed by atoms with Crippen LogP contribution < -0.4 is 10.0 Å². The fraction of sp³-hybridized carbons (Fsp3) is 0.350. The Labute approximate surface area is 165 Å². The van der Waals surface area contributed by atoms with Gasteiger partial charge in [-0.2, -0.15) is 0 Å². The summed E-state index contributed by atoms with van der Waals surface area (Å²) in [5.74, 6) is -0.675. The maximum atomic E-state index is 13.4. The molecule has 0 aliphatic rings. The van der Waals surface area contributed by atoms with Crippen molar-refractivity contribution < 1.29 is 17.6 Å². The van der Waals surface area contributed by atoms with Gasteiger partial charge in [-0.05, 0) is 68.0 Å². The van der Waals surface area contributed by atoms with Crippen LogP contribution in [0.3, 0.4) is 0 Å². The predicted octanol–water partition coefficient (Wildman–Crippen LogP) is 3.01. The summed E-state index contributed by atoms with van der Waals surface area (Å²) in [5, 5.41) is 2.85. The molecule has 2 N–H and O–H groups in total. The van der Waals surface area contributed by atoms with E-state index < -0.39 is 15.8 Å². The van der Waals surface area contributed by atoms with Gasteiger partial charge in [-0.15, -0.1) is 0 Å². The number of hydrogen-bond donors (Lipinski definition) is 2. The lowest BCUT2D eigenvalue weighted by Crippen LogP contribution is -2.34. The first kappa shape index (κ1) is 21.8. The molecular weight excluding hydrogens is 381 g/mol. The first-order chi connectivity index (χ1) is 13.3. The minimum absolute atomic E-state index is 0.0235. The molecule has 0 unspecified atom stereocenters. The molecule has 1 amide bonds. The largest absolute Gasteiger partial charge is 0.351 e. The lowest BCUT2D eigenvalue weighted by Gasteiger charge is -2.18. The molecule has 2 rings (SSSR count). The van der Waals surface area contributed by atoms with Crippen LogP contribution in [0.25, 0.3) is 0 Å². The number of carbonyl (C=O) groups is 1. The van der Waals surface area contributed by atoms with Gasteiger partial charge in [0.05, 0.1) is 4.90 Å². The number of sulfonamides is 1. The van der Waals surface area contributed by atoms with Gasteiger partial charge in [0.2, 0.25) is 0 Å². The molecule has 0 fully saturated rings. The quantitative estimate of drug-likeness (QED) is 0.670. The van der Waals surface area contributed by atoms with Gasteiger partial charge in [0, 0.05) is 24.3 Å². The summed E-state index contributed by atoms with van der Waals surface area (Å²) in [4.78, 5) is 14.4. The van der Waals surface area contributed by atoms with Crippen molar-refractivity contribution in [2.75, 3.05) is 30.9 Å². The van der Waals surface area contributed by atoms with Gasteiger partial charge in [0.15, 0.2) is 0 Å². The van der Waals surface area contributed by atoms with E-state index in [-0.39, 0.29) is 16.4 Å². The topological polar surface area (TPSA) is 78.5 Å². The number of rotatable bonds is 9. The zero-order valence-electron chi connectivity index (χ0n) is 16.3. The summed E-state index contributed by atoms with van der Waals surface area (Å²) in [6.07, 6.45) is 0. The molecular formula is C20H26FN3O3S. The molecule has 0 aliphatic heterocycles. The van der Waals surface area contributed by atoms with E-state index in [4.69, 9.17) is 0 Å². The van der Waals surface area contributed by atoms with Gasteiger partial charge in [-0.25, -0.2) is 12.8 Å². The fourth-order valence-corrected chi connectivity index (χ4v) is 3.80. The molecule has 8 heteroatoms. The number of nitrogens with zero attached hydrogens (tertiary/aromatic N) is 1. The van der Waals surface area contributed by atoms with Crippen LogP contribution in [0.5, 0.6) is 0 Å². The summed E-state index contributed by atoms with van der Waals surface area (Å²) < 4.78 is 40.6. The Morgan fingerprint density at radius 2 is 1.71 bits per heavy atom. The Hall–Kier alpha value is -2.45. The molecule has 0 radical (unpaired) electrons. The second-order valence-corrected chi connectivity index (χ2v) is 8.06. The second-order valence-electron chi connectivity index (χ2n) is 6.38. The molecule has 0 heterocycles. The molecule has 0 saturated heterocycles. The van der Waals surface area contributed by atoms with E-state index in [1.807, 2.05) is 0 Å². The van der Waals surface area contributed by atoms with E-state index in [0.717, 1.165) is 25.7 Å². The number of likely N-dealkylation sites (N-methyl/N-ethyl adjacent to an activating group) is 1. The average molecular weight is 408 g/mol. The van der Waals surface area contributed by atoms with Crippen molar-refractivity contribution in [1.82, 2.24) is 10.2 Å². The van der Waals surface area contributed by atoms with E-state index in [9.17, 15) is 17.6 Å². The highest BCUT2D eigenvalue weighted by Crippen LogP contribution is 2.19. The maximum Gasteiger partial charge on any atom is 0.261 e. The minimum Gasteiger partial charge on any atom is -0.351 e. The number of aryl methyl sites for hydroxylation is 1. The van der Waals surface area contributed by atoms with Gasteiger partial charge in [0.25, 0.3) is 15.9 Å². The fourth-order valence-electron chi connectivity index (χ4n) is 2.66. The van der Waals surface area contributed by atoms with Crippen LogP contribution in [0.1, 0.15) is 29.8 Å². The van der Waals surface area contributed by atoms with E-state index in [1.54, 1.807) is 12.1 Å². The minimum atomic E-state index is -3.84. The highest BCUT2D eigenvalue weighted by Gasteiger charge is 2.16. The van der Waals surface area contributed by atoms with Crippen LogP contribution in [0.4, 0.5) is 10.1 Å². The molecule has 2 aromatic rings. The number of benzene rings is 2. The number of halogens is 1. The summed E-state index contributed by atoms with van der Waals surface area (Å²) in [6, 6.07) is 9.76. The van der Waals surface area contributed by atoms with Crippen molar-refractivity contribution in [1.29, 1.82) is 0 Å². The predicted molar refractivity (Wildman–Crippen MR) is 109 cm³/mol. The molecule has 0 atom stereocenters. The Balaban J connectivity index is 1.99. The van der Waals surface area contributed by atoms with E-state index in [0.29, 0.717) is 17.8 Å². The number of carbonyl (C=O) groups excluding carboxylic acids is 1. The van der Waals surface area contributed by atoms with Gasteiger partial charge >= 0.3 is 0 Å². The van der Waals surface area contributed by atoms with Crippen LogP contribution in [0, 0.1) is 12.7 Å². The first-order valence-electron chi connectivity index (χ1n) is 9.16. The smallest absolute Gasteiger partial charge is 0.261 e. The van der Waals surface area contributed by atoms with Crippen LogP contribution >= 0.6 is 0 Å². The van der Waals surface area contributed by atoms with Crippen LogP contribution in [-0.4, -0.2) is 45.4 Å². The zero-order valence-corrected chi connectivity index (χ0v) is 17.1. The first-order valence-corrected chi connectivity index (χ1v) is 10.6. The lowest BCUT2D eigenvalue weighted by molar-refractivity contribution is 0.0949. The molecule has 2 aromatic carbocycles. The van der Waals surface area contributed by atoms with Crippen molar-refractivity contribution in [2.24, 2.45) is 0 Å². The molecule has 28 heavy (non-hydrogen) atoms. The van der Waals surface area contributed by atoms with Crippen molar-refractivity contribution in [3.05, 3.63) is 59.4 Å². The van der Waals surface area contributed by atoms with E-state index in [1.165, 1.54) is 31.2 Å². The van der Waals surface area contributed by atoms with Gasteiger partial charge in [-0.3, -0.25) is 9.52 Å². The highest BCUT2D eigenvalue weighted by atomic mass is 32.2. The van der Waals surface area contributed by atoms with Crippen LogP contribution in [0.2, 0.25) is 0 Å². The third-order valence-electron chi connectivity index (χ3n) is 4.45. The summed E-state index contributed by atoms with van der Waals surface area (Å²) in [5.41, 5.74) is 1.02. The van der Waals surface area contributed by atoms with Crippen molar-refractivity contribution in [2.45, 2.75) is 25.7 Å². The summed E-state index contributed by atoms with van der Waals surface area (Å²) >= 11 is 0. The van der Waals surface area contributed by atoms with Crippen LogP contribution in [-0.2, 0) is 10.0 Å². The van der Waals surface area contributed by atoms with Gasteiger partial charge in [-0.1, -0.05) is 13.8 Å². The van der Waals surface area contributed by atoms with Crippen molar-refractivity contribution in [3.63, 3.8) is 0 Å². The SMILES string of the molecule is CCN(CC)CCNC(=O)c1ccc(NS(=O)(=O)c2ccc(F)c(C)c2)cc1. The van der Waals surface area contributed by atoms with E-state index in [2.05, 4.69) is 28.8 Å². The monoisotopic (exact) mass is 407 g/mol. The molecule has 0 spiro atoms. The van der Waals surface area contributed by atoms with Crippen molar-refractivity contribution in [3.8, 4) is 0 Å². The van der Waals surface area contributed by atoms with Gasteiger partial charge < -0.3 is 10.2 Å². The summed E-state index contributed by atoms with van der Waals surface area (Å²) in [6.45, 7) is 8.80. The molecule has 0 aliphatic carbocycles. The third kappa shape index (κ3) is 5.77. The highest BCUT2D eigenvalue weighted by molar-refractivity contribution is 7.92. The van der Waals surface area contributed by atoms with Gasteiger partial charge in [0.1, 0.15) is 5.82 Å². The van der Waals surface area contributed by atoms with Crippen LogP contribution in [0.15, 0.2) is 47.4 Å². The van der Waals surface area contributed by atoms with E-state index >= 15 is 0 Å². The summed E-state index contributed by atoms with van der Waals surface area (Å²) in [7, 11) is -3.84. The Morgan fingerprint density at radius 3 is 2.29 bits per heavy atom. The number of nitrogens with one attached hydrogen (secondary N) is 2. The third-order valence-corrected chi connectivity index (χ3v) is 5.83. The molecule has 0 saturated carbocycles. The molecule has 152 valence electrons. The molecule has 0 bridgehead atoms. The average Bonchev–Trinajstić information content (AvgIpc) is 2.67. The Bertz CT molecular complexity index is 911. The standard InChI is InChI=1S/C20H26FN3O3S/c1-4-24(5-2)13-12-22-20(25)16-6-8-17(9-7-16)23-28(26,27)18-10-11-19(21)15(3)14-18/h6-11,14,23H,4-5,12-13H2,1-3H3,(H,22,25). The number of hydrogen-bond acceptors (Lipinski definition) is 4. The zero-order chi connectivity index (χ0) is 20.7. The number of amides is 1. The molecule has 0 aromatic heterocycles. The Kier molecular flexibility index (Phi) is 7.53. The molecule has 6 nitrogen and oxygen atoms in total. The van der Waals surface area contributed by atoms with Crippen molar-refractivity contribution >= 4 is 21.6 Å². The normalized spacial score (nSPS) is 11.5. The maximum absolute atomic E-state index is 13.4. The lowest BCUT2D eigenvalue weighted by atomic mass is 10.2. The second kappa shape index (κ2) is 9.66. The Morgan fingerprint density at radius 1 is 1.07 bits per heavy atom.